The van der Waals surface area contributed by atoms with E-state index in [1.807, 2.05) is 22.6 Å². The predicted molar refractivity (Wildman–Crippen MR) is 87.4 cm³/mol. The smallest absolute Gasteiger partial charge is 0.333 e. The number of aliphatic hydroxyl groups is 2. The number of halogens is 1. The zero-order valence-corrected chi connectivity index (χ0v) is 14.8. The first-order valence-electron chi connectivity index (χ1n) is 6.51. The van der Waals surface area contributed by atoms with Gasteiger partial charge in [-0.1, -0.05) is 0 Å². The topological polar surface area (TPSA) is 189 Å². The van der Waals surface area contributed by atoms with Crippen LogP contribution >= 0.6 is 22.6 Å². The Morgan fingerprint density at radius 2 is 2.08 bits per heavy atom. The lowest BCUT2D eigenvalue weighted by Crippen LogP contribution is -2.35. The minimum atomic E-state index is -4.20. The number of imidazole rings is 1. The predicted octanol–water partition coefficient (Wildman–Crippen LogP) is -2.15. The largest absolute Gasteiger partial charge is 0.387 e. The Kier molecular flexibility index (Phi) is 4.62. The van der Waals surface area contributed by atoms with Gasteiger partial charge in [-0.05, 0) is 0 Å². The number of nitrogens with two attached hydrogens (primary N) is 2. The highest BCUT2D eigenvalue weighted by Crippen LogP contribution is 2.34. The first kappa shape index (κ1) is 17.6. The molecular weight excluding hydrogens is 459 g/mol. The van der Waals surface area contributed by atoms with Crippen molar-refractivity contribution in [2.45, 2.75) is 24.5 Å². The Balaban J connectivity index is 1.93. The van der Waals surface area contributed by atoms with Gasteiger partial charge in [-0.15, -0.1) is 0 Å². The van der Waals surface area contributed by atoms with Gasteiger partial charge in [0.2, 0.25) is 0 Å². The van der Waals surface area contributed by atoms with E-state index in [4.69, 9.17) is 15.6 Å². The fraction of sp³-hybridized carbons (Fsp3) is 0.500. The van der Waals surface area contributed by atoms with E-state index in [1.165, 1.54) is 10.9 Å². The third-order valence-corrected chi connectivity index (χ3v) is 4.68. The van der Waals surface area contributed by atoms with Gasteiger partial charge in [-0.2, -0.15) is 8.42 Å². The van der Waals surface area contributed by atoms with Crippen LogP contribution in [0.15, 0.2) is 6.33 Å². The number of rotatable bonds is 4. The molecule has 0 radical (unpaired) electrons. The van der Waals surface area contributed by atoms with Gasteiger partial charge in [0.1, 0.15) is 24.6 Å². The number of aliphatic hydroxyl groups excluding tert-OH is 2. The Hall–Kier alpha value is -1.17. The molecule has 1 saturated heterocycles. The summed E-state index contributed by atoms with van der Waals surface area (Å²) >= 11 is 1.89. The van der Waals surface area contributed by atoms with Crippen LogP contribution in [-0.4, -0.2) is 63.1 Å². The van der Waals surface area contributed by atoms with Crippen LogP contribution in [0.1, 0.15) is 6.23 Å². The van der Waals surface area contributed by atoms with E-state index in [0.717, 1.165) is 0 Å². The number of ether oxygens (including phenoxy) is 1. The molecule has 24 heavy (non-hydrogen) atoms. The fourth-order valence-electron chi connectivity index (χ4n) is 2.37. The highest BCUT2D eigenvalue weighted by molar-refractivity contribution is 14.1. The van der Waals surface area contributed by atoms with E-state index < -0.39 is 41.5 Å². The Labute approximate surface area is 149 Å². The summed E-state index contributed by atoms with van der Waals surface area (Å²) in [6.07, 6.45) is -3.73. The lowest BCUT2D eigenvalue weighted by atomic mass is 10.1. The molecule has 132 valence electrons. The van der Waals surface area contributed by atoms with Crippen LogP contribution in [0.3, 0.4) is 0 Å². The molecule has 6 N–H and O–H groups in total. The lowest BCUT2D eigenvalue weighted by molar-refractivity contribution is -0.0479. The first-order valence-corrected chi connectivity index (χ1v) is 9.06. The number of aromatic nitrogens is 4. The molecule has 2 unspecified atom stereocenters. The molecule has 3 heterocycles. The van der Waals surface area contributed by atoms with Gasteiger partial charge >= 0.3 is 10.3 Å². The minimum absolute atomic E-state index is 0.152. The van der Waals surface area contributed by atoms with E-state index in [2.05, 4.69) is 19.1 Å². The number of hydrogen-bond acceptors (Lipinski definition) is 10. The fourth-order valence-corrected chi connectivity index (χ4v) is 3.44. The molecule has 3 rings (SSSR count). The zero-order chi connectivity index (χ0) is 17.6. The molecule has 14 heteroatoms. The highest BCUT2D eigenvalue weighted by atomic mass is 127. The van der Waals surface area contributed by atoms with Crippen molar-refractivity contribution in [3.05, 3.63) is 10.2 Å². The van der Waals surface area contributed by atoms with E-state index in [0.29, 0.717) is 15.0 Å². The summed E-state index contributed by atoms with van der Waals surface area (Å²) < 4.78 is 33.5. The molecule has 0 aliphatic carbocycles. The van der Waals surface area contributed by atoms with Crippen molar-refractivity contribution >= 4 is 49.9 Å². The highest BCUT2D eigenvalue weighted by Gasteiger charge is 2.45. The molecule has 1 aliphatic heterocycles. The summed E-state index contributed by atoms with van der Waals surface area (Å²) in [6.45, 7) is -0.548. The van der Waals surface area contributed by atoms with Crippen LogP contribution in [0.5, 0.6) is 0 Å². The average Bonchev–Trinajstić information content (AvgIpc) is 2.96. The monoisotopic (exact) mass is 472 g/mol. The standard InChI is InChI=1S/C10H13IN6O6S/c11-10-16-4-7(12)14-2-15-8(4)17(10)9-6(19)5(18)3(23-9)1-22-24(13,20)21/h2-3,5-6,9,18-19H,1H2,(H2,12,14,15)(H2,13,20,21)/t3-,5?,6?,9-/m1/s1. The van der Waals surface area contributed by atoms with Crippen molar-refractivity contribution in [3.63, 3.8) is 0 Å². The van der Waals surface area contributed by atoms with Crippen molar-refractivity contribution in [2.75, 3.05) is 12.3 Å². The van der Waals surface area contributed by atoms with Gasteiger partial charge < -0.3 is 20.7 Å². The summed E-state index contributed by atoms with van der Waals surface area (Å²) in [4.78, 5) is 12.1. The molecule has 0 aromatic carbocycles. The molecule has 2 aromatic rings. The molecule has 0 bridgehead atoms. The zero-order valence-electron chi connectivity index (χ0n) is 11.9. The Morgan fingerprint density at radius 3 is 2.75 bits per heavy atom. The van der Waals surface area contributed by atoms with E-state index in [-0.39, 0.29) is 5.82 Å². The molecule has 2 aromatic heterocycles. The van der Waals surface area contributed by atoms with Crippen LogP contribution in [0.25, 0.3) is 11.2 Å². The third-order valence-electron chi connectivity index (χ3n) is 3.45. The number of nitrogens with zero attached hydrogens (tertiary/aromatic N) is 4. The van der Waals surface area contributed by atoms with Crippen LogP contribution in [-0.2, 0) is 19.2 Å². The summed E-state index contributed by atoms with van der Waals surface area (Å²) in [5.41, 5.74) is 6.36. The second-order valence-electron chi connectivity index (χ2n) is 5.01. The van der Waals surface area contributed by atoms with Crippen LogP contribution in [0.2, 0.25) is 0 Å². The summed E-state index contributed by atoms with van der Waals surface area (Å²) in [5, 5.41) is 25.0. The Bertz CT molecular complexity index is 874. The minimum Gasteiger partial charge on any atom is -0.387 e. The van der Waals surface area contributed by atoms with Crippen LogP contribution in [0, 0.1) is 3.83 Å². The molecule has 1 aliphatic rings. The van der Waals surface area contributed by atoms with E-state index >= 15 is 0 Å². The van der Waals surface area contributed by atoms with Gasteiger partial charge in [0.25, 0.3) is 0 Å². The van der Waals surface area contributed by atoms with Crippen molar-refractivity contribution in [1.29, 1.82) is 0 Å². The maximum absolute atomic E-state index is 10.9. The van der Waals surface area contributed by atoms with Gasteiger partial charge in [-0.25, -0.2) is 20.1 Å². The third kappa shape index (κ3) is 3.17. The van der Waals surface area contributed by atoms with Crippen molar-refractivity contribution < 1.29 is 27.6 Å². The quantitative estimate of drug-likeness (QED) is 0.282. The van der Waals surface area contributed by atoms with Gasteiger partial charge in [0.05, 0.1) is 6.61 Å². The van der Waals surface area contributed by atoms with E-state index in [9.17, 15) is 18.6 Å². The van der Waals surface area contributed by atoms with E-state index in [1.54, 1.807) is 0 Å². The number of hydrogen-bond donors (Lipinski definition) is 4. The number of fused-ring (bicyclic) bond motifs is 1. The molecule has 0 amide bonds. The average molecular weight is 472 g/mol. The molecule has 4 atom stereocenters. The summed E-state index contributed by atoms with van der Waals surface area (Å²) in [5.74, 6) is 0.152. The number of anilines is 1. The maximum Gasteiger partial charge on any atom is 0.333 e. The SMILES string of the molecule is Nc1ncnc2c1nc(I)n2[C@@H]1O[C@H](COS(N)(=O)=O)C(O)C1O. The normalized spacial score (nSPS) is 27.8. The van der Waals surface area contributed by atoms with Crippen molar-refractivity contribution in [1.82, 2.24) is 19.5 Å². The van der Waals surface area contributed by atoms with Crippen molar-refractivity contribution in [2.24, 2.45) is 5.14 Å². The summed E-state index contributed by atoms with van der Waals surface area (Å²) in [6, 6.07) is 0. The molecule has 0 saturated carbocycles. The second-order valence-corrected chi connectivity index (χ2v) is 7.19. The molecule has 0 spiro atoms. The van der Waals surface area contributed by atoms with Gasteiger partial charge in [0.15, 0.2) is 27.0 Å². The van der Waals surface area contributed by atoms with Crippen LogP contribution < -0.4 is 10.9 Å². The van der Waals surface area contributed by atoms with Gasteiger partial charge in [0, 0.05) is 22.6 Å². The number of nitrogen functional groups attached to an aromatic ring is 1. The second kappa shape index (κ2) is 6.28. The van der Waals surface area contributed by atoms with Crippen LogP contribution in [0.4, 0.5) is 5.82 Å². The van der Waals surface area contributed by atoms with Crippen molar-refractivity contribution in [3.8, 4) is 0 Å². The first-order chi connectivity index (χ1) is 11.2. The molecule has 12 nitrogen and oxygen atoms in total. The lowest BCUT2D eigenvalue weighted by Gasteiger charge is -2.17. The molecule has 1 fully saturated rings. The summed E-state index contributed by atoms with van der Waals surface area (Å²) in [7, 11) is -4.20. The Morgan fingerprint density at radius 1 is 1.38 bits per heavy atom. The maximum atomic E-state index is 10.9. The molecular formula is C10H13IN6O6S. The van der Waals surface area contributed by atoms with Gasteiger partial charge in [-0.3, -0.25) is 8.75 Å².